The summed E-state index contributed by atoms with van der Waals surface area (Å²) < 4.78 is 43.2. The molecular weight excluding hydrogens is 245 g/mol. The van der Waals surface area contributed by atoms with Crippen molar-refractivity contribution in [3.8, 4) is 5.75 Å². The molecule has 5 heteroatoms. The minimum atomic E-state index is -4.45. The number of benzene rings is 1. The summed E-state index contributed by atoms with van der Waals surface area (Å²) in [6.45, 7) is 3.39. The van der Waals surface area contributed by atoms with Gasteiger partial charge in [-0.15, -0.1) is 0 Å². The summed E-state index contributed by atoms with van der Waals surface area (Å²) in [5, 5.41) is 9.98. The number of aliphatic hydroxyl groups is 1. The van der Waals surface area contributed by atoms with Gasteiger partial charge in [0.15, 0.2) is 0 Å². The van der Waals surface area contributed by atoms with Crippen LogP contribution in [0.1, 0.15) is 32.3 Å². The molecule has 0 aliphatic heterocycles. The van der Waals surface area contributed by atoms with Crippen molar-refractivity contribution in [2.75, 3.05) is 6.61 Å². The Labute approximate surface area is 104 Å². The van der Waals surface area contributed by atoms with E-state index in [4.69, 9.17) is 4.74 Å². The molecule has 0 saturated heterocycles. The third-order valence-electron chi connectivity index (χ3n) is 3.01. The van der Waals surface area contributed by atoms with Crippen molar-refractivity contribution in [3.63, 3.8) is 0 Å². The number of rotatable bonds is 5. The van der Waals surface area contributed by atoms with Gasteiger partial charge in [0.1, 0.15) is 12.4 Å². The first-order valence-corrected chi connectivity index (χ1v) is 5.84. The van der Waals surface area contributed by atoms with Crippen LogP contribution in [0.5, 0.6) is 5.75 Å². The van der Waals surface area contributed by atoms with Crippen molar-refractivity contribution in [1.29, 1.82) is 0 Å². The molecule has 0 aliphatic carbocycles. The monoisotopic (exact) mass is 262 g/mol. The van der Waals surface area contributed by atoms with E-state index in [1.165, 1.54) is 18.2 Å². The van der Waals surface area contributed by atoms with Crippen LogP contribution in [0.25, 0.3) is 0 Å². The van der Waals surface area contributed by atoms with Crippen LogP contribution in [-0.2, 0) is 6.18 Å². The van der Waals surface area contributed by atoms with Gasteiger partial charge in [0.2, 0.25) is 0 Å². The van der Waals surface area contributed by atoms with E-state index in [0.29, 0.717) is 12.8 Å². The normalized spacial score (nSPS) is 12.6. The minimum absolute atomic E-state index is 0.146. The quantitative estimate of drug-likeness (QED) is 0.878. The van der Waals surface area contributed by atoms with Crippen molar-refractivity contribution in [1.82, 2.24) is 0 Å². The van der Waals surface area contributed by atoms with Crippen LogP contribution in [0.4, 0.5) is 13.2 Å². The summed E-state index contributed by atoms with van der Waals surface area (Å²) in [5.41, 5.74) is -1.90. The summed E-state index contributed by atoms with van der Waals surface area (Å²) in [5.74, 6) is -0.245. The number of para-hydroxylation sites is 1. The van der Waals surface area contributed by atoms with Crippen molar-refractivity contribution in [2.24, 2.45) is 0 Å². The van der Waals surface area contributed by atoms with Gasteiger partial charge in [0, 0.05) is 0 Å². The SMILES string of the molecule is CCC(O)(CC)COc1ccccc1C(F)(F)F. The Hall–Kier alpha value is -1.23. The zero-order chi connectivity index (χ0) is 13.8. The van der Waals surface area contributed by atoms with Gasteiger partial charge >= 0.3 is 6.18 Å². The molecule has 1 N–H and O–H groups in total. The molecule has 1 aromatic rings. The van der Waals surface area contributed by atoms with Crippen LogP contribution >= 0.6 is 0 Å². The lowest BCUT2D eigenvalue weighted by molar-refractivity contribution is -0.139. The molecule has 0 fully saturated rings. The fraction of sp³-hybridized carbons (Fsp3) is 0.538. The highest BCUT2D eigenvalue weighted by atomic mass is 19.4. The molecule has 102 valence electrons. The van der Waals surface area contributed by atoms with E-state index in [9.17, 15) is 18.3 Å². The van der Waals surface area contributed by atoms with Crippen LogP contribution in [0.15, 0.2) is 24.3 Å². The molecule has 0 spiro atoms. The molecule has 0 atom stereocenters. The summed E-state index contributed by atoms with van der Waals surface area (Å²) in [6, 6.07) is 5.00. The summed E-state index contributed by atoms with van der Waals surface area (Å²) in [4.78, 5) is 0. The van der Waals surface area contributed by atoms with Crippen LogP contribution in [-0.4, -0.2) is 17.3 Å². The number of halogens is 3. The Balaban J connectivity index is 2.86. The first-order valence-electron chi connectivity index (χ1n) is 5.84. The Morgan fingerprint density at radius 3 is 2.17 bits per heavy atom. The van der Waals surface area contributed by atoms with Crippen LogP contribution < -0.4 is 4.74 Å². The van der Waals surface area contributed by atoms with Crippen molar-refractivity contribution in [3.05, 3.63) is 29.8 Å². The third kappa shape index (κ3) is 3.63. The minimum Gasteiger partial charge on any atom is -0.490 e. The molecule has 0 heterocycles. The molecule has 0 radical (unpaired) electrons. The van der Waals surface area contributed by atoms with Gasteiger partial charge in [-0.3, -0.25) is 0 Å². The molecule has 0 aromatic heterocycles. The molecule has 0 unspecified atom stereocenters. The molecule has 2 nitrogen and oxygen atoms in total. The van der Waals surface area contributed by atoms with Crippen LogP contribution in [0, 0.1) is 0 Å². The molecule has 0 amide bonds. The number of alkyl halides is 3. The van der Waals surface area contributed by atoms with Crippen LogP contribution in [0.2, 0.25) is 0 Å². The summed E-state index contributed by atoms with van der Waals surface area (Å²) in [7, 11) is 0. The standard InChI is InChI=1S/C13H17F3O2/c1-3-12(17,4-2)9-18-11-8-6-5-7-10(11)13(14,15)16/h5-8,17H,3-4,9H2,1-2H3. The molecule has 0 aliphatic rings. The largest absolute Gasteiger partial charge is 0.490 e. The van der Waals surface area contributed by atoms with Gasteiger partial charge in [0.25, 0.3) is 0 Å². The maximum atomic E-state index is 12.7. The summed E-state index contributed by atoms with van der Waals surface area (Å²) >= 11 is 0. The second-order valence-corrected chi connectivity index (χ2v) is 4.21. The van der Waals surface area contributed by atoms with E-state index in [1.54, 1.807) is 13.8 Å². The maximum Gasteiger partial charge on any atom is 0.419 e. The Morgan fingerprint density at radius 1 is 1.11 bits per heavy atom. The first kappa shape index (κ1) is 14.8. The maximum absolute atomic E-state index is 12.7. The second kappa shape index (κ2) is 5.61. The van der Waals surface area contributed by atoms with Crippen molar-refractivity contribution in [2.45, 2.75) is 38.5 Å². The highest BCUT2D eigenvalue weighted by Gasteiger charge is 2.34. The third-order valence-corrected chi connectivity index (χ3v) is 3.01. The predicted molar refractivity (Wildman–Crippen MR) is 62.5 cm³/mol. The average Bonchev–Trinajstić information content (AvgIpc) is 2.35. The first-order chi connectivity index (χ1) is 8.32. The lowest BCUT2D eigenvalue weighted by Gasteiger charge is -2.26. The van der Waals surface area contributed by atoms with Gasteiger partial charge in [-0.25, -0.2) is 0 Å². The highest BCUT2D eigenvalue weighted by Crippen LogP contribution is 2.36. The van der Waals surface area contributed by atoms with E-state index in [2.05, 4.69) is 0 Å². The molecular formula is C13H17F3O2. The average molecular weight is 262 g/mol. The Bertz CT molecular complexity index is 384. The lowest BCUT2D eigenvalue weighted by Crippen LogP contribution is -2.34. The number of ether oxygens (including phenoxy) is 1. The smallest absolute Gasteiger partial charge is 0.419 e. The Kier molecular flexibility index (Phi) is 4.62. The van der Waals surface area contributed by atoms with E-state index in [-0.39, 0.29) is 12.4 Å². The topological polar surface area (TPSA) is 29.5 Å². The molecule has 0 bridgehead atoms. The lowest BCUT2D eigenvalue weighted by atomic mass is 9.99. The van der Waals surface area contributed by atoms with Crippen LogP contribution in [0.3, 0.4) is 0 Å². The van der Waals surface area contributed by atoms with Gasteiger partial charge in [-0.05, 0) is 25.0 Å². The summed E-state index contributed by atoms with van der Waals surface area (Å²) in [6.07, 6.45) is -3.59. The van der Waals surface area contributed by atoms with E-state index >= 15 is 0 Å². The van der Waals surface area contributed by atoms with Gasteiger partial charge in [0.05, 0.1) is 11.2 Å². The van der Waals surface area contributed by atoms with E-state index in [0.717, 1.165) is 6.07 Å². The van der Waals surface area contributed by atoms with E-state index in [1.807, 2.05) is 0 Å². The van der Waals surface area contributed by atoms with Gasteiger partial charge in [-0.1, -0.05) is 26.0 Å². The predicted octanol–water partition coefficient (Wildman–Crippen LogP) is 3.64. The second-order valence-electron chi connectivity index (χ2n) is 4.21. The molecule has 0 saturated carbocycles. The van der Waals surface area contributed by atoms with Crippen molar-refractivity contribution >= 4 is 0 Å². The number of hydrogen-bond acceptors (Lipinski definition) is 2. The van der Waals surface area contributed by atoms with Gasteiger partial charge in [-0.2, -0.15) is 13.2 Å². The van der Waals surface area contributed by atoms with E-state index < -0.39 is 17.3 Å². The molecule has 1 aromatic carbocycles. The zero-order valence-corrected chi connectivity index (χ0v) is 10.4. The Morgan fingerprint density at radius 2 is 1.67 bits per heavy atom. The number of hydrogen-bond donors (Lipinski definition) is 1. The van der Waals surface area contributed by atoms with Gasteiger partial charge < -0.3 is 9.84 Å². The fourth-order valence-corrected chi connectivity index (χ4v) is 1.49. The molecule has 18 heavy (non-hydrogen) atoms. The zero-order valence-electron chi connectivity index (χ0n) is 10.4. The fourth-order valence-electron chi connectivity index (χ4n) is 1.49. The van der Waals surface area contributed by atoms with Crippen molar-refractivity contribution < 1.29 is 23.0 Å². The molecule has 1 rings (SSSR count). The highest BCUT2D eigenvalue weighted by molar-refractivity contribution is 5.35.